The molecular weight excluding hydrogens is 240 g/mol. The van der Waals surface area contributed by atoms with Gasteiger partial charge in [0.25, 0.3) is 0 Å². The monoisotopic (exact) mass is 262 g/mol. The number of hydrogen-bond donors (Lipinski definition) is 2. The summed E-state index contributed by atoms with van der Waals surface area (Å²) in [6, 6.07) is 0.267. The van der Waals surface area contributed by atoms with Gasteiger partial charge in [-0.05, 0) is 33.2 Å². The third kappa shape index (κ3) is 3.67. The molecule has 0 saturated carbocycles. The molecule has 2 N–H and O–H groups in total. The molecule has 17 heavy (non-hydrogen) atoms. The van der Waals surface area contributed by atoms with Gasteiger partial charge in [0, 0.05) is 18.8 Å². The minimum atomic E-state index is -3.39. The fourth-order valence-corrected chi connectivity index (χ4v) is 2.10. The number of rotatable bonds is 4. The Bertz CT molecular complexity index is 370. The summed E-state index contributed by atoms with van der Waals surface area (Å²) in [4.78, 5) is 11.8. The zero-order valence-electron chi connectivity index (χ0n) is 10.7. The van der Waals surface area contributed by atoms with Crippen molar-refractivity contribution in [1.29, 1.82) is 0 Å². The van der Waals surface area contributed by atoms with Crippen LogP contribution in [0.25, 0.3) is 0 Å². The second kappa shape index (κ2) is 5.35. The second-order valence-corrected chi connectivity index (χ2v) is 7.70. The average Bonchev–Trinajstić information content (AvgIpc) is 2.25. The molecule has 1 aliphatic rings. The number of hydrogen-bond acceptors (Lipinski definition) is 4. The van der Waals surface area contributed by atoms with Crippen molar-refractivity contribution in [2.24, 2.45) is 0 Å². The molecule has 1 amide bonds. The molecule has 0 aromatic rings. The van der Waals surface area contributed by atoms with E-state index in [0.29, 0.717) is 6.54 Å². The van der Waals surface area contributed by atoms with Gasteiger partial charge in [0.15, 0.2) is 9.84 Å². The molecule has 0 radical (unpaired) electrons. The highest BCUT2D eigenvalue weighted by Crippen LogP contribution is 2.15. The molecule has 1 heterocycles. The number of piperidine rings is 1. The first kappa shape index (κ1) is 14.4. The predicted octanol–water partition coefficient (Wildman–Crippen LogP) is 0.0679. The first-order valence-electron chi connectivity index (χ1n) is 5.96. The quantitative estimate of drug-likeness (QED) is 0.752. The number of sulfone groups is 1. The maximum absolute atomic E-state index is 11.8. The standard InChI is InChI=1S/C11H22N2O3S/c1-11(2,17(3,15)16)10(14)13-8-9-6-4-5-7-12-9/h9,12H,4-8H2,1-3H3,(H,13,14). The van der Waals surface area contributed by atoms with E-state index in [9.17, 15) is 13.2 Å². The van der Waals surface area contributed by atoms with Crippen LogP contribution in [0, 0.1) is 0 Å². The van der Waals surface area contributed by atoms with E-state index in [2.05, 4.69) is 10.6 Å². The number of nitrogens with one attached hydrogen (secondary N) is 2. The van der Waals surface area contributed by atoms with Gasteiger partial charge in [0.1, 0.15) is 4.75 Å². The van der Waals surface area contributed by atoms with Crippen molar-refractivity contribution in [1.82, 2.24) is 10.6 Å². The molecule has 0 aliphatic carbocycles. The Morgan fingerprint density at radius 1 is 1.41 bits per heavy atom. The van der Waals surface area contributed by atoms with Crippen LogP contribution in [0.2, 0.25) is 0 Å². The number of carbonyl (C=O) groups is 1. The summed E-state index contributed by atoms with van der Waals surface area (Å²) in [6.45, 7) is 4.34. The zero-order chi connectivity index (χ0) is 13.1. The van der Waals surface area contributed by atoms with Crippen LogP contribution < -0.4 is 10.6 Å². The van der Waals surface area contributed by atoms with Crippen molar-refractivity contribution in [3.05, 3.63) is 0 Å². The highest BCUT2D eigenvalue weighted by atomic mass is 32.2. The molecule has 0 aromatic carbocycles. The highest BCUT2D eigenvalue weighted by Gasteiger charge is 2.38. The van der Waals surface area contributed by atoms with E-state index in [4.69, 9.17) is 0 Å². The average molecular weight is 262 g/mol. The summed E-state index contributed by atoms with van der Waals surface area (Å²) in [5.41, 5.74) is 0. The van der Waals surface area contributed by atoms with E-state index in [1.807, 2.05) is 0 Å². The van der Waals surface area contributed by atoms with Crippen molar-refractivity contribution in [3.8, 4) is 0 Å². The third-order valence-corrected chi connectivity index (χ3v) is 5.43. The van der Waals surface area contributed by atoms with Gasteiger partial charge in [-0.2, -0.15) is 0 Å². The molecule has 1 rings (SSSR count). The van der Waals surface area contributed by atoms with Crippen molar-refractivity contribution in [3.63, 3.8) is 0 Å². The van der Waals surface area contributed by atoms with Gasteiger partial charge < -0.3 is 10.6 Å². The molecule has 1 saturated heterocycles. The maximum Gasteiger partial charge on any atom is 0.240 e. The Hall–Kier alpha value is -0.620. The Kier molecular flexibility index (Phi) is 4.55. The van der Waals surface area contributed by atoms with E-state index in [1.165, 1.54) is 20.3 Å². The largest absolute Gasteiger partial charge is 0.353 e. The molecule has 1 fully saturated rings. The SMILES string of the molecule is CC(C)(C(=O)NCC1CCCCN1)S(C)(=O)=O. The van der Waals surface area contributed by atoms with Crippen LogP contribution in [0.1, 0.15) is 33.1 Å². The van der Waals surface area contributed by atoms with Crippen LogP contribution in [0.5, 0.6) is 0 Å². The minimum absolute atomic E-state index is 0.267. The number of amides is 1. The molecular formula is C11H22N2O3S. The fourth-order valence-electron chi connectivity index (χ4n) is 1.70. The summed E-state index contributed by atoms with van der Waals surface area (Å²) in [6.07, 6.45) is 4.44. The van der Waals surface area contributed by atoms with Crippen LogP contribution in [0.4, 0.5) is 0 Å². The summed E-state index contributed by atoms with van der Waals surface area (Å²) in [5.74, 6) is -0.424. The third-order valence-electron chi connectivity index (χ3n) is 3.40. The Labute approximate surface area is 103 Å². The normalized spacial score (nSPS) is 22.2. The molecule has 1 unspecified atom stereocenters. The van der Waals surface area contributed by atoms with Gasteiger partial charge in [-0.3, -0.25) is 4.79 Å². The first-order chi connectivity index (χ1) is 7.75. The predicted molar refractivity (Wildman–Crippen MR) is 67.6 cm³/mol. The molecule has 0 spiro atoms. The molecule has 0 aromatic heterocycles. The summed E-state index contributed by atoms with van der Waals surface area (Å²) < 4.78 is 21.6. The topological polar surface area (TPSA) is 75.3 Å². The molecule has 6 heteroatoms. The Morgan fingerprint density at radius 2 is 2.06 bits per heavy atom. The molecule has 100 valence electrons. The van der Waals surface area contributed by atoms with Gasteiger partial charge in [-0.25, -0.2) is 8.42 Å². The lowest BCUT2D eigenvalue weighted by atomic mass is 10.0. The van der Waals surface area contributed by atoms with Crippen LogP contribution >= 0.6 is 0 Å². The Balaban J connectivity index is 2.49. The highest BCUT2D eigenvalue weighted by molar-refractivity contribution is 7.92. The lowest BCUT2D eigenvalue weighted by Gasteiger charge is -2.26. The van der Waals surface area contributed by atoms with Crippen LogP contribution in [-0.2, 0) is 14.6 Å². The van der Waals surface area contributed by atoms with Crippen LogP contribution in [-0.4, -0.2) is 44.5 Å². The van der Waals surface area contributed by atoms with E-state index >= 15 is 0 Å². The lowest BCUT2D eigenvalue weighted by Crippen LogP contribution is -2.51. The van der Waals surface area contributed by atoms with Crippen LogP contribution in [0.3, 0.4) is 0 Å². The minimum Gasteiger partial charge on any atom is -0.353 e. The van der Waals surface area contributed by atoms with E-state index < -0.39 is 20.5 Å². The van der Waals surface area contributed by atoms with Crippen LogP contribution in [0.15, 0.2) is 0 Å². The van der Waals surface area contributed by atoms with Gasteiger partial charge in [0.05, 0.1) is 0 Å². The van der Waals surface area contributed by atoms with Gasteiger partial charge in [-0.1, -0.05) is 6.42 Å². The first-order valence-corrected chi connectivity index (χ1v) is 7.85. The molecule has 5 nitrogen and oxygen atoms in total. The van der Waals surface area contributed by atoms with Crippen molar-refractivity contribution in [2.75, 3.05) is 19.3 Å². The molecule has 0 bridgehead atoms. The van der Waals surface area contributed by atoms with Gasteiger partial charge in [-0.15, -0.1) is 0 Å². The van der Waals surface area contributed by atoms with E-state index in [0.717, 1.165) is 25.6 Å². The fraction of sp³-hybridized carbons (Fsp3) is 0.909. The van der Waals surface area contributed by atoms with Gasteiger partial charge >= 0.3 is 0 Å². The van der Waals surface area contributed by atoms with E-state index in [1.54, 1.807) is 0 Å². The van der Waals surface area contributed by atoms with Crippen molar-refractivity contribution < 1.29 is 13.2 Å². The lowest BCUT2D eigenvalue weighted by molar-refractivity contribution is -0.122. The van der Waals surface area contributed by atoms with Crippen molar-refractivity contribution >= 4 is 15.7 Å². The summed E-state index contributed by atoms with van der Waals surface area (Å²) in [5, 5.41) is 6.02. The summed E-state index contributed by atoms with van der Waals surface area (Å²) in [7, 11) is -3.39. The Morgan fingerprint density at radius 3 is 2.53 bits per heavy atom. The smallest absolute Gasteiger partial charge is 0.240 e. The molecule has 1 atom stereocenters. The second-order valence-electron chi connectivity index (χ2n) is 5.14. The number of carbonyl (C=O) groups excluding carboxylic acids is 1. The van der Waals surface area contributed by atoms with Crippen molar-refractivity contribution in [2.45, 2.75) is 43.9 Å². The zero-order valence-corrected chi connectivity index (χ0v) is 11.6. The van der Waals surface area contributed by atoms with Gasteiger partial charge in [0.2, 0.25) is 5.91 Å². The maximum atomic E-state index is 11.8. The molecule has 1 aliphatic heterocycles. The summed E-state index contributed by atoms with van der Waals surface area (Å²) >= 11 is 0. The van der Waals surface area contributed by atoms with E-state index in [-0.39, 0.29) is 6.04 Å².